The molecule has 0 bridgehead atoms. The molecule has 1 aromatic heterocycles. The molecule has 0 saturated carbocycles. The van der Waals surface area contributed by atoms with Gasteiger partial charge in [-0.15, -0.1) is 0 Å². The molecule has 1 fully saturated rings. The molecule has 1 saturated heterocycles. The van der Waals surface area contributed by atoms with Crippen LogP contribution in [0.1, 0.15) is 34.0 Å². The van der Waals surface area contributed by atoms with Gasteiger partial charge in [0.2, 0.25) is 11.9 Å². The number of benzene rings is 1. The Morgan fingerprint density at radius 2 is 1.52 bits per heavy atom. The van der Waals surface area contributed by atoms with Gasteiger partial charge in [0.1, 0.15) is 0 Å². The predicted molar refractivity (Wildman–Crippen MR) is 105 cm³/mol. The molecule has 2 aromatic rings. The van der Waals surface area contributed by atoms with Gasteiger partial charge in [0.05, 0.1) is 5.56 Å². The number of nitrogens with one attached hydrogen (secondary N) is 1. The summed E-state index contributed by atoms with van der Waals surface area (Å²) in [6.45, 7) is 10.3. The second-order valence-corrected chi connectivity index (χ2v) is 6.99. The first-order chi connectivity index (χ1) is 12.8. The van der Waals surface area contributed by atoms with Crippen LogP contribution in [0.25, 0.3) is 0 Å². The van der Waals surface area contributed by atoms with Crippen LogP contribution >= 0.6 is 0 Å². The van der Waals surface area contributed by atoms with Crippen LogP contribution in [0.3, 0.4) is 0 Å². The summed E-state index contributed by atoms with van der Waals surface area (Å²) in [6.07, 6.45) is 3.10. The van der Waals surface area contributed by atoms with Crippen molar-refractivity contribution >= 4 is 23.5 Å². The highest BCUT2D eigenvalue weighted by Gasteiger charge is 2.20. The lowest BCUT2D eigenvalue weighted by Gasteiger charge is -2.34. The first-order valence-corrected chi connectivity index (χ1v) is 9.07. The molecule has 7 nitrogen and oxygen atoms in total. The second-order valence-electron chi connectivity index (χ2n) is 6.99. The maximum absolute atomic E-state index is 12.6. The van der Waals surface area contributed by atoms with Crippen LogP contribution in [0.15, 0.2) is 24.5 Å². The number of carbonyl (C=O) groups is 2. The number of nitrogens with zero attached hydrogens (tertiary/aromatic N) is 4. The van der Waals surface area contributed by atoms with Crippen molar-refractivity contribution in [2.24, 2.45) is 0 Å². The highest BCUT2D eigenvalue weighted by Crippen LogP contribution is 2.22. The number of aryl methyl sites for hydroxylation is 3. The highest BCUT2D eigenvalue weighted by molar-refractivity contribution is 6.04. The average molecular weight is 367 g/mol. The van der Waals surface area contributed by atoms with Gasteiger partial charge < -0.3 is 15.1 Å². The van der Waals surface area contributed by atoms with E-state index < -0.39 is 0 Å². The molecule has 0 radical (unpaired) electrons. The Bertz CT molecular complexity index is 832. The number of piperazine rings is 1. The monoisotopic (exact) mass is 367 g/mol. The van der Waals surface area contributed by atoms with Crippen molar-refractivity contribution in [1.29, 1.82) is 0 Å². The molecule has 0 atom stereocenters. The van der Waals surface area contributed by atoms with Crippen molar-refractivity contribution in [2.45, 2.75) is 27.7 Å². The number of hydrogen-bond acceptors (Lipinski definition) is 5. The van der Waals surface area contributed by atoms with E-state index >= 15 is 0 Å². The Kier molecular flexibility index (Phi) is 5.39. The molecule has 142 valence electrons. The molecule has 1 aromatic carbocycles. The van der Waals surface area contributed by atoms with E-state index in [2.05, 4.69) is 15.3 Å². The van der Waals surface area contributed by atoms with E-state index in [9.17, 15) is 9.59 Å². The van der Waals surface area contributed by atoms with Crippen molar-refractivity contribution in [1.82, 2.24) is 14.9 Å². The molecule has 2 amide bonds. The maximum atomic E-state index is 12.6. The summed E-state index contributed by atoms with van der Waals surface area (Å²) in [5, 5.41) is 2.96. The highest BCUT2D eigenvalue weighted by atomic mass is 16.2. The van der Waals surface area contributed by atoms with E-state index in [1.54, 1.807) is 19.3 Å². The molecule has 1 aliphatic rings. The first-order valence-electron chi connectivity index (χ1n) is 9.07. The van der Waals surface area contributed by atoms with Gasteiger partial charge in [-0.05, 0) is 31.9 Å². The Balaban J connectivity index is 1.67. The standard InChI is InChI=1S/C20H25N5O2/c1-13-9-14(2)18(15(3)10-13)23-19(27)17-11-21-20(22-12-17)25-7-5-24(6-8-25)16(4)26/h9-12H,5-8H2,1-4H3,(H,23,27). The fraction of sp³-hybridized carbons (Fsp3) is 0.400. The summed E-state index contributed by atoms with van der Waals surface area (Å²) < 4.78 is 0. The largest absolute Gasteiger partial charge is 0.339 e. The number of amides is 2. The minimum absolute atomic E-state index is 0.0873. The average Bonchev–Trinajstić information content (AvgIpc) is 2.64. The molecule has 0 aliphatic carbocycles. The third kappa shape index (κ3) is 4.24. The number of rotatable bonds is 3. The molecule has 1 aliphatic heterocycles. The smallest absolute Gasteiger partial charge is 0.258 e. The van der Waals surface area contributed by atoms with Crippen LogP contribution in [0, 0.1) is 20.8 Å². The molecule has 27 heavy (non-hydrogen) atoms. The molecular weight excluding hydrogens is 342 g/mol. The minimum Gasteiger partial charge on any atom is -0.339 e. The molecule has 2 heterocycles. The van der Waals surface area contributed by atoms with Gasteiger partial charge in [-0.3, -0.25) is 9.59 Å². The van der Waals surface area contributed by atoms with Gasteiger partial charge >= 0.3 is 0 Å². The van der Waals surface area contributed by atoms with Crippen LogP contribution in [0.4, 0.5) is 11.6 Å². The Morgan fingerprint density at radius 3 is 2.04 bits per heavy atom. The molecule has 1 N–H and O–H groups in total. The lowest BCUT2D eigenvalue weighted by molar-refractivity contribution is -0.129. The summed E-state index contributed by atoms with van der Waals surface area (Å²) in [4.78, 5) is 36.5. The molecule has 0 spiro atoms. The van der Waals surface area contributed by atoms with Crippen molar-refractivity contribution in [3.05, 3.63) is 46.8 Å². The normalized spacial score (nSPS) is 14.2. The topological polar surface area (TPSA) is 78.4 Å². The zero-order valence-electron chi connectivity index (χ0n) is 16.2. The SMILES string of the molecule is CC(=O)N1CCN(c2ncc(C(=O)Nc3c(C)cc(C)cc3C)cn2)CC1. The summed E-state index contributed by atoms with van der Waals surface area (Å²) >= 11 is 0. The molecular formula is C20H25N5O2. The maximum Gasteiger partial charge on any atom is 0.258 e. The summed E-state index contributed by atoms with van der Waals surface area (Å²) in [5.41, 5.74) is 4.47. The summed E-state index contributed by atoms with van der Waals surface area (Å²) in [7, 11) is 0. The molecule has 0 unspecified atom stereocenters. The van der Waals surface area contributed by atoms with E-state index in [0.717, 1.165) is 16.8 Å². The van der Waals surface area contributed by atoms with Crippen molar-refractivity contribution in [3.63, 3.8) is 0 Å². The predicted octanol–water partition coefficient (Wildman–Crippen LogP) is 2.32. The van der Waals surface area contributed by atoms with Crippen LogP contribution < -0.4 is 10.2 Å². The third-order valence-electron chi connectivity index (χ3n) is 4.82. The third-order valence-corrected chi connectivity index (χ3v) is 4.82. The van der Waals surface area contributed by atoms with E-state index in [-0.39, 0.29) is 11.8 Å². The zero-order chi connectivity index (χ0) is 19.6. The van der Waals surface area contributed by atoms with Gasteiger partial charge in [0, 0.05) is 51.2 Å². The van der Waals surface area contributed by atoms with E-state index in [0.29, 0.717) is 37.7 Å². The molecule has 7 heteroatoms. The lowest BCUT2D eigenvalue weighted by atomic mass is 10.0. The van der Waals surface area contributed by atoms with Gasteiger partial charge in [-0.25, -0.2) is 9.97 Å². The van der Waals surface area contributed by atoms with Crippen LogP contribution in [0.2, 0.25) is 0 Å². The van der Waals surface area contributed by atoms with Crippen molar-refractivity contribution in [2.75, 3.05) is 36.4 Å². The first kappa shape index (κ1) is 18.8. The quantitative estimate of drug-likeness (QED) is 0.901. The Hall–Kier alpha value is -2.96. The van der Waals surface area contributed by atoms with E-state index in [4.69, 9.17) is 0 Å². The zero-order valence-corrected chi connectivity index (χ0v) is 16.2. The Morgan fingerprint density at radius 1 is 0.963 bits per heavy atom. The van der Waals surface area contributed by atoms with Crippen molar-refractivity contribution in [3.8, 4) is 0 Å². The van der Waals surface area contributed by atoms with Crippen LogP contribution in [-0.2, 0) is 4.79 Å². The fourth-order valence-electron chi connectivity index (χ4n) is 3.39. The van der Waals surface area contributed by atoms with E-state index in [1.807, 2.05) is 42.7 Å². The number of anilines is 2. The number of aromatic nitrogens is 2. The van der Waals surface area contributed by atoms with Gasteiger partial charge in [0.25, 0.3) is 5.91 Å². The lowest BCUT2D eigenvalue weighted by Crippen LogP contribution is -2.48. The second kappa shape index (κ2) is 7.73. The number of hydrogen-bond donors (Lipinski definition) is 1. The summed E-state index contributed by atoms with van der Waals surface area (Å²) in [6, 6.07) is 4.09. The minimum atomic E-state index is -0.224. The van der Waals surface area contributed by atoms with Gasteiger partial charge in [-0.2, -0.15) is 0 Å². The van der Waals surface area contributed by atoms with Crippen LogP contribution in [0.5, 0.6) is 0 Å². The number of carbonyl (C=O) groups excluding carboxylic acids is 2. The Labute approximate surface area is 159 Å². The molecule has 3 rings (SSSR count). The summed E-state index contributed by atoms with van der Waals surface area (Å²) in [5.74, 6) is 0.444. The van der Waals surface area contributed by atoms with Gasteiger partial charge in [-0.1, -0.05) is 17.7 Å². The van der Waals surface area contributed by atoms with Crippen LogP contribution in [-0.4, -0.2) is 52.9 Å². The van der Waals surface area contributed by atoms with Gasteiger partial charge in [0.15, 0.2) is 0 Å². The van der Waals surface area contributed by atoms with E-state index in [1.165, 1.54) is 5.56 Å². The van der Waals surface area contributed by atoms with Crippen molar-refractivity contribution < 1.29 is 9.59 Å². The fourth-order valence-corrected chi connectivity index (χ4v) is 3.39.